The predicted molar refractivity (Wildman–Crippen MR) is 113 cm³/mol. The molecule has 29 heavy (non-hydrogen) atoms. The molecular weight excluding hydrogens is 364 g/mol. The molecule has 4 heteroatoms. The van der Waals surface area contributed by atoms with E-state index in [1.807, 2.05) is 60.7 Å². The van der Waals surface area contributed by atoms with Crippen molar-refractivity contribution in [3.8, 4) is 11.5 Å². The Kier molecular flexibility index (Phi) is 6.35. The van der Waals surface area contributed by atoms with Crippen molar-refractivity contribution in [2.75, 3.05) is 7.11 Å². The summed E-state index contributed by atoms with van der Waals surface area (Å²) in [5.41, 5.74) is 1.08. The minimum atomic E-state index is -1.26. The van der Waals surface area contributed by atoms with E-state index in [-0.39, 0.29) is 6.42 Å². The smallest absolute Gasteiger partial charge is 0.318 e. The molecule has 0 aliphatic heterocycles. The Labute approximate surface area is 171 Å². The summed E-state index contributed by atoms with van der Waals surface area (Å²) >= 11 is 0. The molecule has 1 atom stereocenters. The van der Waals surface area contributed by atoms with Gasteiger partial charge in [-0.05, 0) is 35.2 Å². The maximum atomic E-state index is 12.5. The van der Waals surface area contributed by atoms with Crippen LogP contribution in [0.4, 0.5) is 0 Å². The predicted octanol–water partition coefficient (Wildman–Crippen LogP) is 5.22. The molecule has 1 N–H and O–H groups in total. The molecule has 0 saturated carbocycles. The molecule has 0 bridgehead atoms. The molecule has 3 aromatic carbocycles. The number of aliphatic carboxylic acids is 1. The van der Waals surface area contributed by atoms with E-state index in [0.29, 0.717) is 29.2 Å². The van der Waals surface area contributed by atoms with Gasteiger partial charge < -0.3 is 14.6 Å². The molecule has 3 rings (SSSR count). The molecule has 3 aromatic rings. The zero-order valence-electron chi connectivity index (χ0n) is 16.4. The third kappa shape index (κ3) is 4.16. The molecule has 0 aliphatic carbocycles. The first kappa shape index (κ1) is 20.2. The quantitative estimate of drug-likeness (QED) is 0.511. The Balaban J connectivity index is 2.01. The number of carboxylic acids is 1. The van der Waals surface area contributed by atoms with E-state index in [0.717, 1.165) is 5.56 Å². The minimum Gasteiger partial charge on any atom is -0.493 e. The summed E-state index contributed by atoms with van der Waals surface area (Å²) in [5, 5.41) is 10.2. The van der Waals surface area contributed by atoms with Crippen LogP contribution in [0.2, 0.25) is 0 Å². The largest absolute Gasteiger partial charge is 0.493 e. The monoisotopic (exact) mass is 388 g/mol. The number of carboxylic acid groups (broad SMARTS) is 1. The van der Waals surface area contributed by atoms with Crippen LogP contribution in [0.1, 0.15) is 23.1 Å². The maximum Gasteiger partial charge on any atom is 0.318 e. The molecule has 1 unspecified atom stereocenters. The molecule has 0 radical (unpaired) electrons. The van der Waals surface area contributed by atoms with E-state index < -0.39 is 11.4 Å². The summed E-state index contributed by atoms with van der Waals surface area (Å²) < 4.78 is 11.4. The van der Waals surface area contributed by atoms with Crippen LogP contribution >= 0.6 is 0 Å². The van der Waals surface area contributed by atoms with Crippen molar-refractivity contribution in [2.45, 2.75) is 18.4 Å². The number of ether oxygens (including phenoxy) is 2. The fourth-order valence-electron chi connectivity index (χ4n) is 3.46. The second-order valence-corrected chi connectivity index (χ2v) is 6.71. The molecule has 0 aromatic heterocycles. The van der Waals surface area contributed by atoms with Crippen LogP contribution in [0.15, 0.2) is 91.5 Å². The van der Waals surface area contributed by atoms with Gasteiger partial charge in [0.1, 0.15) is 12.0 Å². The van der Waals surface area contributed by atoms with Gasteiger partial charge in [-0.25, -0.2) is 0 Å². The fourth-order valence-corrected chi connectivity index (χ4v) is 3.46. The van der Waals surface area contributed by atoms with Gasteiger partial charge in [-0.1, -0.05) is 72.8 Å². The van der Waals surface area contributed by atoms with E-state index in [4.69, 9.17) is 9.47 Å². The molecule has 0 spiro atoms. The molecule has 148 valence electrons. The van der Waals surface area contributed by atoms with Crippen LogP contribution in [-0.4, -0.2) is 18.2 Å². The van der Waals surface area contributed by atoms with Crippen molar-refractivity contribution in [2.24, 2.45) is 0 Å². The van der Waals surface area contributed by atoms with E-state index >= 15 is 0 Å². The summed E-state index contributed by atoms with van der Waals surface area (Å²) in [6.45, 7) is 4.18. The van der Waals surface area contributed by atoms with Gasteiger partial charge in [0.25, 0.3) is 0 Å². The standard InChI is InChI=1S/C25H24O4/c1-3-16-25(24(26)27,20-12-8-5-9-13-20)21-14-15-22(23(17-21)28-2)29-18-19-10-6-4-7-11-19/h3-15,17H,1,16,18H2,2H3,(H,26,27). The van der Waals surface area contributed by atoms with Crippen molar-refractivity contribution < 1.29 is 19.4 Å². The van der Waals surface area contributed by atoms with Gasteiger partial charge in [0, 0.05) is 0 Å². The Morgan fingerprint density at radius 2 is 1.62 bits per heavy atom. The number of hydrogen-bond acceptors (Lipinski definition) is 3. The molecular formula is C25H24O4. The van der Waals surface area contributed by atoms with Gasteiger partial charge in [0.05, 0.1) is 7.11 Å². The molecule has 0 heterocycles. The second-order valence-electron chi connectivity index (χ2n) is 6.71. The summed E-state index contributed by atoms with van der Waals surface area (Å²) in [4.78, 5) is 12.5. The lowest BCUT2D eigenvalue weighted by Gasteiger charge is -2.30. The van der Waals surface area contributed by atoms with E-state index in [1.54, 1.807) is 31.4 Å². The summed E-state index contributed by atoms with van der Waals surface area (Å²) in [6.07, 6.45) is 1.88. The van der Waals surface area contributed by atoms with E-state index in [1.165, 1.54) is 0 Å². The lowest BCUT2D eigenvalue weighted by atomic mass is 9.72. The van der Waals surface area contributed by atoms with Gasteiger partial charge in [0.15, 0.2) is 11.5 Å². The van der Waals surface area contributed by atoms with Gasteiger partial charge in [0.2, 0.25) is 0 Å². The average Bonchev–Trinajstić information content (AvgIpc) is 2.77. The van der Waals surface area contributed by atoms with Gasteiger partial charge >= 0.3 is 5.97 Å². The summed E-state index contributed by atoms with van der Waals surface area (Å²) in [5.74, 6) is 0.110. The SMILES string of the molecule is C=CCC(C(=O)O)(c1ccccc1)c1ccc(OCc2ccccc2)c(OC)c1. The first-order valence-corrected chi connectivity index (χ1v) is 9.37. The average molecular weight is 388 g/mol. The highest BCUT2D eigenvalue weighted by atomic mass is 16.5. The summed E-state index contributed by atoms with van der Waals surface area (Å²) in [6, 6.07) is 24.3. The molecule has 0 saturated heterocycles. The highest BCUT2D eigenvalue weighted by Crippen LogP contribution is 2.40. The van der Waals surface area contributed by atoms with Crippen molar-refractivity contribution in [3.63, 3.8) is 0 Å². The lowest BCUT2D eigenvalue weighted by Crippen LogP contribution is -2.36. The normalized spacial score (nSPS) is 12.6. The second kappa shape index (κ2) is 9.11. The minimum absolute atomic E-state index is 0.250. The highest BCUT2D eigenvalue weighted by Gasteiger charge is 2.41. The van der Waals surface area contributed by atoms with E-state index in [2.05, 4.69) is 6.58 Å². The van der Waals surface area contributed by atoms with E-state index in [9.17, 15) is 9.90 Å². The zero-order valence-corrected chi connectivity index (χ0v) is 16.4. The van der Waals surface area contributed by atoms with Gasteiger partial charge in [-0.2, -0.15) is 0 Å². The summed E-state index contributed by atoms with van der Waals surface area (Å²) in [7, 11) is 1.55. The Morgan fingerprint density at radius 1 is 0.966 bits per heavy atom. The zero-order chi connectivity index (χ0) is 20.7. The van der Waals surface area contributed by atoms with Crippen molar-refractivity contribution in [1.82, 2.24) is 0 Å². The Hall–Kier alpha value is -3.53. The Bertz CT molecular complexity index is 967. The molecule has 4 nitrogen and oxygen atoms in total. The van der Waals surface area contributed by atoms with Crippen molar-refractivity contribution >= 4 is 5.97 Å². The fraction of sp³-hybridized carbons (Fsp3) is 0.160. The number of allylic oxidation sites excluding steroid dienone is 1. The topological polar surface area (TPSA) is 55.8 Å². The van der Waals surface area contributed by atoms with Crippen LogP contribution in [-0.2, 0) is 16.8 Å². The van der Waals surface area contributed by atoms with Crippen LogP contribution in [0, 0.1) is 0 Å². The van der Waals surface area contributed by atoms with Crippen molar-refractivity contribution in [1.29, 1.82) is 0 Å². The molecule has 0 amide bonds. The number of benzene rings is 3. The van der Waals surface area contributed by atoms with Crippen LogP contribution < -0.4 is 9.47 Å². The first-order chi connectivity index (χ1) is 14.1. The molecule has 0 aliphatic rings. The lowest BCUT2D eigenvalue weighted by molar-refractivity contribution is -0.142. The number of methoxy groups -OCH3 is 1. The number of rotatable bonds is 9. The van der Waals surface area contributed by atoms with Gasteiger partial charge in [-0.3, -0.25) is 4.79 Å². The Morgan fingerprint density at radius 3 is 2.21 bits per heavy atom. The van der Waals surface area contributed by atoms with Gasteiger partial charge in [-0.15, -0.1) is 6.58 Å². The highest BCUT2D eigenvalue weighted by molar-refractivity contribution is 5.86. The third-order valence-electron chi connectivity index (χ3n) is 4.98. The number of carbonyl (C=O) groups is 1. The number of hydrogen-bond donors (Lipinski definition) is 1. The maximum absolute atomic E-state index is 12.5. The molecule has 0 fully saturated rings. The first-order valence-electron chi connectivity index (χ1n) is 9.37. The van der Waals surface area contributed by atoms with Crippen molar-refractivity contribution in [3.05, 3.63) is 108 Å². The van der Waals surface area contributed by atoms with Crippen LogP contribution in [0.3, 0.4) is 0 Å². The van der Waals surface area contributed by atoms with Crippen LogP contribution in [0.25, 0.3) is 0 Å². The third-order valence-corrected chi connectivity index (χ3v) is 4.98. The van der Waals surface area contributed by atoms with Crippen LogP contribution in [0.5, 0.6) is 11.5 Å².